The highest BCUT2D eigenvalue weighted by Crippen LogP contribution is 2.25. The van der Waals surface area contributed by atoms with Gasteiger partial charge in [0.25, 0.3) is 0 Å². The molecule has 16 heavy (non-hydrogen) atoms. The summed E-state index contributed by atoms with van der Waals surface area (Å²) in [5.41, 5.74) is 2.47. The number of rotatable bonds is 3. The second kappa shape index (κ2) is 5.69. The summed E-state index contributed by atoms with van der Waals surface area (Å²) in [4.78, 5) is 0. The SMILES string of the molecule is ClC(Cc1ccccc1)c1cccc(I)c1. The molecule has 0 saturated heterocycles. The molecule has 82 valence electrons. The Morgan fingerprint density at radius 3 is 2.44 bits per heavy atom. The fourth-order valence-electron chi connectivity index (χ4n) is 1.64. The van der Waals surface area contributed by atoms with Crippen molar-refractivity contribution in [3.63, 3.8) is 0 Å². The summed E-state index contributed by atoms with van der Waals surface area (Å²) in [6.07, 6.45) is 0.877. The first kappa shape index (κ1) is 11.9. The van der Waals surface area contributed by atoms with Crippen LogP contribution in [0.3, 0.4) is 0 Å². The van der Waals surface area contributed by atoms with E-state index in [1.807, 2.05) is 18.2 Å². The van der Waals surface area contributed by atoms with Crippen molar-refractivity contribution in [3.05, 3.63) is 69.3 Å². The Labute approximate surface area is 115 Å². The maximum atomic E-state index is 6.41. The van der Waals surface area contributed by atoms with E-state index >= 15 is 0 Å². The van der Waals surface area contributed by atoms with Crippen LogP contribution in [0.25, 0.3) is 0 Å². The Balaban J connectivity index is 2.12. The van der Waals surface area contributed by atoms with Gasteiger partial charge < -0.3 is 0 Å². The van der Waals surface area contributed by atoms with E-state index in [1.54, 1.807) is 0 Å². The van der Waals surface area contributed by atoms with Gasteiger partial charge in [0.05, 0.1) is 5.38 Å². The first-order valence-electron chi connectivity index (χ1n) is 5.19. The second-order valence-corrected chi connectivity index (χ2v) is 5.48. The monoisotopic (exact) mass is 342 g/mol. The largest absolute Gasteiger partial charge is 0.117 e. The van der Waals surface area contributed by atoms with Crippen LogP contribution in [0.4, 0.5) is 0 Å². The molecule has 1 atom stereocenters. The molecular weight excluding hydrogens is 331 g/mol. The van der Waals surface area contributed by atoms with E-state index in [0.717, 1.165) is 6.42 Å². The van der Waals surface area contributed by atoms with E-state index in [4.69, 9.17) is 11.6 Å². The van der Waals surface area contributed by atoms with Gasteiger partial charge in [-0.15, -0.1) is 11.6 Å². The second-order valence-electron chi connectivity index (χ2n) is 3.71. The van der Waals surface area contributed by atoms with Crippen LogP contribution in [0.15, 0.2) is 54.6 Å². The third kappa shape index (κ3) is 3.22. The standard InChI is InChI=1S/C14H12ClI/c15-14(9-11-5-2-1-3-6-11)12-7-4-8-13(16)10-12/h1-8,10,14H,9H2. The zero-order valence-corrected chi connectivity index (χ0v) is 11.6. The minimum Gasteiger partial charge on any atom is -0.117 e. The molecule has 0 aromatic heterocycles. The van der Waals surface area contributed by atoms with Gasteiger partial charge in [0, 0.05) is 3.57 Å². The summed E-state index contributed by atoms with van der Waals surface area (Å²) in [7, 11) is 0. The molecule has 2 heteroatoms. The van der Waals surface area contributed by atoms with Crippen molar-refractivity contribution in [2.75, 3.05) is 0 Å². The van der Waals surface area contributed by atoms with Gasteiger partial charge in [0.1, 0.15) is 0 Å². The first-order valence-corrected chi connectivity index (χ1v) is 6.70. The van der Waals surface area contributed by atoms with Crippen molar-refractivity contribution in [1.82, 2.24) is 0 Å². The summed E-state index contributed by atoms with van der Waals surface area (Å²) in [6.45, 7) is 0. The molecule has 1 unspecified atom stereocenters. The molecule has 0 fully saturated rings. The van der Waals surface area contributed by atoms with Gasteiger partial charge in [0.15, 0.2) is 0 Å². The molecule has 0 N–H and O–H groups in total. The lowest BCUT2D eigenvalue weighted by Crippen LogP contribution is -1.95. The molecule has 2 rings (SSSR count). The summed E-state index contributed by atoms with van der Waals surface area (Å²) < 4.78 is 1.23. The Bertz CT molecular complexity index is 453. The van der Waals surface area contributed by atoms with Crippen LogP contribution in [0.5, 0.6) is 0 Å². The predicted molar refractivity (Wildman–Crippen MR) is 77.9 cm³/mol. The van der Waals surface area contributed by atoms with Crippen LogP contribution >= 0.6 is 34.2 Å². The summed E-state index contributed by atoms with van der Waals surface area (Å²) in [5, 5.41) is 0.0529. The lowest BCUT2D eigenvalue weighted by atomic mass is 10.0. The molecule has 0 heterocycles. The van der Waals surface area contributed by atoms with Crippen molar-refractivity contribution in [1.29, 1.82) is 0 Å². The Hall–Kier alpha value is -0.540. The normalized spacial score (nSPS) is 12.4. The van der Waals surface area contributed by atoms with Crippen molar-refractivity contribution in [2.45, 2.75) is 11.8 Å². The number of halogens is 2. The van der Waals surface area contributed by atoms with Crippen LogP contribution in [-0.4, -0.2) is 0 Å². The third-order valence-electron chi connectivity index (χ3n) is 2.47. The van der Waals surface area contributed by atoms with Crippen molar-refractivity contribution >= 4 is 34.2 Å². The van der Waals surface area contributed by atoms with Gasteiger partial charge in [-0.2, -0.15) is 0 Å². The third-order valence-corrected chi connectivity index (χ3v) is 3.55. The molecule has 0 nitrogen and oxygen atoms in total. The van der Waals surface area contributed by atoms with Crippen molar-refractivity contribution in [2.24, 2.45) is 0 Å². The first-order chi connectivity index (χ1) is 7.75. The summed E-state index contributed by atoms with van der Waals surface area (Å²) in [5.74, 6) is 0. The molecule has 0 aliphatic carbocycles. The van der Waals surface area contributed by atoms with Gasteiger partial charge in [-0.3, -0.25) is 0 Å². The molecule has 0 saturated carbocycles. The minimum absolute atomic E-state index is 0.0529. The van der Waals surface area contributed by atoms with Crippen LogP contribution in [0.2, 0.25) is 0 Å². The van der Waals surface area contributed by atoms with Crippen molar-refractivity contribution < 1.29 is 0 Å². The molecule has 0 radical (unpaired) electrons. The number of hydrogen-bond acceptors (Lipinski definition) is 0. The highest BCUT2D eigenvalue weighted by Gasteiger charge is 2.08. The quantitative estimate of drug-likeness (QED) is 0.554. The number of benzene rings is 2. The Kier molecular flexibility index (Phi) is 4.24. The highest BCUT2D eigenvalue weighted by atomic mass is 127. The lowest BCUT2D eigenvalue weighted by Gasteiger charge is -2.10. The summed E-state index contributed by atoms with van der Waals surface area (Å²) in [6, 6.07) is 18.7. The molecule has 0 amide bonds. The van der Waals surface area contributed by atoms with Crippen LogP contribution < -0.4 is 0 Å². The maximum Gasteiger partial charge on any atom is 0.0625 e. The van der Waals surface area contributed by atoms with E-state index in [-0.39, 0.29) is 5.38 Å². The van der Waals surface area contributed by atoms with Gasteiger partial charge in [-0.05, 0) is 52.3 Å². The fraction of sp³-hybridized carbons (Fsp3) is 0.143. The average molecular weight is 343 g/mol. The van der Waals surface area contributed by atoms with E-state index in [1.165, 1.54) is 14.7 Å². The predicted octanol–water partition coefficient (Wildman–Crippen LogP) is 4.81. The van der Waals surface area contributed by atoms with E-state index in [2.05, 4.69) is 59.0 Å². The molecule has 2 aromatic rings. The van der Waals surface area contributed by atoms with Crippen molar-refractivity contribution in [3.8, 4) is 0 Å². The average Bonchev–Trinajstić information content (AvgIpc) is 2.30. The van der Waals surface area contributed by atoms with Crippen LogP contribution in [-0.2, 0) is 6.42 Å². The zero-order chi connectivity index (χ0) is 11.4. The summed E-state index contributed by atoms with van der Waals surface area (Å²) >= 11 is 8.72. The number of alkyl halides is 1. The molecule has 0 aliphatic heterocycles. The van der Waals surface area contributed by atoms with Crippen LogP contribution in [0.1, 0.15) is 16.5 Å². The Morgan fingerprint density at radius 2 is 1.75 bits per heavy atom. The minimum atomic E-state index is 0.0529. The Morgan fingerprint density at radius 1 is 1.00 bits per heavy atom. The molecule has 0 aliphatic rings. The lowest BCUT2D eigenvalue weighted by molar-refractivity contribution is 0.919. The van der Waals surface area contributed by atoms with Gasteiger partial charge in [-0.1, -0.05) is 42.5 Å². The van der Waals surface area contributed by atoms with E-state index in [0.29, 0.717) is 0 Å². The van der Waals surface area contributed by atoms with Gasteiger partial charge in [-0.25, -0.2) is 0 Å². The highest BCUT2D eigenvalue weighted by molar-refractivity contribution is 14.1. The fourth-order valence-corrected chi connectivity index (χ4v) is 2.52. The van der Waals surface area contributed by atoms with Gasteiger partial charge in [0.2, 0.25) is 0 Å². The molecular formula is C14H12ClI. The maximum absolute atomic E-state index is 6.41. The van der Waals surface area contributed by atoms with Crippen LogP contribution in [0, 0.1) is 3.57 Å². The molecule has 0 bridgehead atoms. The van der Waals surface area contributed by atoms with E-state index < -0.39 is 0 Å². The zero-order valence-electron chi connectivity index (χ0n) is 8.74. The topological polar surface area (TPSA) is 0 Å². The molecule has 0 spiro atoms. The number of hydrogen-bond donors (Lipinski definition) is 0. The smallest absolute Gasteiger partial charge is 0.0625 e. The van der Waals surface area contributed by atoms with Gasteiger partial charge >= 0.3 is 0 Å². The molecule has 2 aromatic carbocycles. The van der Waals surface area contributed by atoms with E-state index in [9.17, 15) is 0 Å².